The molecule has 0 aliphatic heterocycles. The fraction of sp³-hybridized carbons (Fsp3) is 0.250. The first-order valence-electron chi connectivity index (χ1n) is 11.4. The van der Waals surface area contributed by atoms with Crippen molar-refractivity contribution in [2.45, 2.75) is 33.9 Å². The minimum absolute atomic E-state index is 0.115. The first kappa shape index (κ1) is 24.0. The van der Waals surface area contributed by atoms with Gasteiger partial charge in [0.05, 0.1) is 31.8 Å². The number of hydrogen-bond acceptors (Lipinski definition) is 5. The Bertz CT molecular complexity index is 1460. The van der Waals surface area contributed by atoms with Gasteiger partial charge in [-0.05, 0) is 73.9 Å². The molecular formula is C28H29N3O4. The quantitative estimate of drug-likeness (QED) is 0.434. The molecule has 1 amide bonds. The Morgan fingerprint density at radius 3 is 2.34 bits per heavy atom. The SMILES string of the molecule is COc1ccc(CNC(=O)c2ccc(Cn3c(=O)c(C)nc4cc(C)c(C)cc43)cc2)c(OC)c1. The highest BCUT2D eigenvalue weighted by atomic mass is 16.5. The standard InChI is InChI=1S/C28H29N3O4/c1-17-12-24-25(13-18(17)2)31(28(33)19(3)30-24)16-20-6-8-21(9-7-20)27(32)29-15-22-10-11-23(34-4)14-26(22)35-5/h6-14H,15-16H2,1-5H3,(H,29,32). The molecule has 0 saturated heterocycles. The summed E-state index contributed by atoms with van der Waals surface area (Å²) in [6.45, 7) is 6.52. The Balaban J connectivity index is 1.52. The zero-order valence-corrected chi connectivity index (χ0v) is 20.6. The van der Waals surface area contributed by atoms with E-state index in [1.807, 2.05) is 50.2 Å². The Labute approximate surface area is 204 Å². The minimum Gasteiger partial charge on any atom is -0.497 e. The lowest BCUT2D eigenvalue weighted by Gasteiger charge is -2.14. The van der Waals surface area contributed by atoms with Gasteiger partial charge in [0, 0.05) is 23.7 Å². The number of ether oxygens (including phenoxy) is 2. The molecule has 4 aromatic rings. The van der Waals surface area contributed by atoms with Crippen molar-refractivity contribution < 1.29 is 14.3 Å². The summed E-state index contributed by atoms with van der Waals surface area (Å²) in [6, 6.07) is 16.8. The van der Waals surface area contributed by atoms with Crippen molar-refractivity contribution in [3.63, 3.8) is 0 Å². The van der Waals surface area contributed by atoms with E-state index >= 15 is 0 Å². The molecule has 35 heavy (non-hydrogen) atoms. The second kappa shape index (κ2) is 10.0. The molecule has 4 rings (SSSR count). The number of aryl methyl sites for hydroxylation is 3. The van der Waals surface area contributed by atoms with Gasteiger partial charge >= 0.3 is 0 Å². The van der Waals surface area contributed by atoms with E-state index in [9.17, 15) is 9.59 Å². The summed E-state index contributed by atoms with van der Waals surface area (Å²) >= 11 is 0. The normalized spacial score (nSPS) is 10.9. The monoisotopic (exact) mass is 471 g/mol. The van der Waals surface area contributed by atoms with Gasteiger partial charge in [-0.3, -0.25) is 9.59 Å². The fourth-order valence-electron chi connectivity index (χ4n) is 4.00. The Hall–Kier alpha value is -4.13. The maximum absolute atomic E-state index is 12.9. The van der Waals surface area contributed by atoms with Crippen LogP contribution >= 0.6 is 0 Å². The van der Waals surface area contributed by atoms with Gasteiger partial charge in [0.2, 0.25) is 0 Å². The van der Waals surface area contributed by atoms with Crippen molar-refractivity contribution in [3.05, 3.63) is 98.5 Å². The van der Waals surface area contributed by atoms with Crippen LogP contribution < -0.4 is 20.3 Å². The molecule has 0 radical (unpaired) electrons. The minimum atomic E-state index is -0.192. The number of nitrogens with one attached hydrogen (secondary N) is 1. The second-order valence-corrected chi connectivity index (χ2v) is 8.57. The number of methoxy groups -OCH3 is 2. The number of carbonyl (C=O) groups is 1. The average molecular weight is 472 g/mol. The van der Waals surface area contributed by atoms with E-state index in [1.165, 1.54) is 0 Å². The van der Waals surface area contributed by atoms with Gasteiger partial charge in [0.15, 0.2) is 0 Å². The first-order valence-corrected chi connectivity index (χ1v) is 11.4. The highest BCUT2D eigenvalue weighted by Gasteiger charge is 2.12. The van der Waals surface area contributed by atoms with E-state index in [1.54, 1.807) is 43.9 Å². The highest BCUT2D eigenvalue weighted by Crippen LogP contribution is 2.24. The molecule has 1 N–H and O–H groups in total. The predicted octanol–water partition coefficient (Wildman–Crippen LogP) is 4.32. The van der Waals surface area contributed by atoms with E-state index in [4.69, 9.17) is 9.47 Å². The molecular weight excluding hydrogens is 442 g/mol. The number of hydrogen-bond donors (Lipinski definition) is 1. The topological polar surface area (TPSA) is 82.5 Å². The third-order valence-corrected chi connectivity index (χ3v) is 6.21. The van der Waals surface area contributed by atoms with Crippen molar-refractivity contribution in [2.75, 3.05) is 14.2 Å². The largest absolute Gasteiger partial charge is 0.497 e. The van der Waals surface area contributed by atoms with Gasteiger partial charge in [-0.25, -0.2) is 4.98 Å². The summed E-state index contributed by atoms with van der Waals surface area (Å²) in [7, 11) is 3.18. The van der Waals surface area contributed by atoms with Crippen LogP contribution in [0.15, 0.2) is 59.4 Å². The fourth-order valence-corrected chi connectivity index (χ4v) is 4.00. The lowest BCUT2D eigenvalue weighted by molar-refractivity contribution is 0.0950. The van der Waals surface area contributed by atoms with Crippen LogP contribution in [0.25, 0.3) is 11.0 Å². The van der Waals surface area contributed by atoms with Crippen molar-refractivity contribution in [3.8, 4) is 11.5 Å². The Morgan fingerprint density at radius 1 is 0.943 bits per heavy atom. The van der Waals surface area contributed by atoms with Gasteiger partial charge in [-0.15, -0.1) is 0 Å². The lowest BCUT2D eigenvalue weighted by Crippen LogP contribution is -2.25. The molecule has 1 aromatic heterocycles. The van der Waals surface area contributed by atoms with Gasteiger partial charge in [0.1, 0.15) is 17.2 Å². The number of rotatable bonds is 7. The van der Waals surface area contributed by atoms with Crippen LogP contribution in [0.5, 0.6) is 11.5 Å². The number of benzene rings is 3. The van der Waals surface area contributed by atoms with Crippen LogP contribution in [-0.2, 0) is 13.1 Å². The average Bonchev–Trinajstić information content (AvgIpc) is 2.87. The molecule has 0 spiro atoms. The number of fused-ring (bicyclic) bond motifs is 1. The molecule has 0 saturated carbocycles. The van der Waals surface area contributed by atoms with Gasteiger partial charge in [-0.2, -0.15) is 0 Å². The van der Waals surface area contributed by atoms with Crippen molar-refractivity contribution in [1.29, 1.82) is 0 Å². The summed E-state index contributed by atoms with van der Waals surface area (Å²) in [5.74, 6) is 1.15. The molecule has 0 aliphatic carbocycles. The Morgan fingerprint density at radius 2 is 1.66 bits per heavy atom. The summed E-state index contributed by atoms with van der Waals surface area (Å²) in [6.07, 6.45) is 0. The van der Waals surface area contributed by atoms with E-state index in [0.29, 0.717) is 35.8 Å². The lowest BCUT2D eigenvalue weighted by atomic mass is 10.1. The number of nitrogens with zero attached hydrogens (tertiary/aromatic N) is 2. The first-order chi connectivity index (χ1) is 16.8. The molecule has 0 fully saturated rings. The summed E-state index contributed by atoms with van der Waals surface area (Å²) in [4.78, 5) is 30.1. The van der Waals surface area contributed by atoms with Gasteiger partial charge in [-0.1, -0.05) is 12.1 Å². The molecule has 0 aliphatic rings. The molecule has 0 unspecified atom stereocenters. The van der Waals surface area contributed by atoms with Crippen molar-refractivity contribution in [2.24, 2.45) is 0 Å². The van der Waals surface area contributed by atoms with Crippen LogP contribution in [0.1, 0.15) is 38.3 Å². The second-order valence-electron chi connectivity index (χ2n) is 8.57. The predicted molar refractivity (Wildman–Crippen MR) is 136 cm³/mol. The van der Waals surface area contributed by atoms with E-state index in [-0.39, 0.29) is 11.5 Å². The summed E-state index contributed by atoms with van der Waals surface area (Å²) < 4.78 is 12.4. The van der Waals surface area contributed by atoms with E-state index < -0.39 is 0 Å². The van der Waals surface area contributed by atoms with Crippen LogP contribution in [0.3, 0.4) is 0 Å². The highest BCUT2D eigenvalue weighted by molar-refractivity contribution is 5.94. The van der Waals surface area contributed by atoms with Crippen LogP contribution in [0.2, 0.25) is 0 Å². The molecule has 180 valence electrons. The number of amides is 1. The zero-order valence-electron chi connectivity index (χ0n) is 20.6. The zero-order chi connectivity index (χ0) is 25.1. The number of aromatic nitrogens is 2. The smallest absolute Gasteiger partial charge is 0.272 e. The van der Waals surface area contributed by atoms with Crippen molar-refractivity contribution in [1.82, 2.24) is 14.9 Å². The maximum Gasteiger partial charge on any atom is 0.272 e. The van der Waals surface area contributed by atoms with E-state index in [0.717, 1.165) is 33.3 Å². The molecule has 7 heteroatoms. The molecule has 3 aromatic carbocycles. The molecule has 7 nitrogen and oxygen atoms in total. The van der Waals surface area contributed by atoms with Gasteiger partial charge < -0.3 is 19.4 Å². The third-order valence-electron chi connectivity index (χ3n) is 6.21. The van der Waals surface area contributed by atoms with Crippen molar-refractivity contribution >= 4 is 16.9 Å². The third kappa shape index (κ3) is 5.04. The summed E-state index contributed by atoms with van der Waals surface area (Å²) in [5, 5.41) is 2.93. The number of carbonyl (C=O) groups excluding carboxylic acids is 1. The maximum atomic E-state index is 12.9. The van der Waals surface area contributed by atoms with Crippen LogP contribution in [0, 0.1) is 20.8 Å². The molecule has 1 heterocycles. The molecule has 0 atom stereocenters. The Kier molecular flexibility index (Phi) is 6.87. The van der Waals surface area contributed by atoms with Gasteiger partial charge in [0.25, 0.3) is 11.5 Å². The van der Waals surface area contributed by atoms with Crippen LogP contribution in [-0.4, -0.2) is 29.7 Å². The van der Waals surface area contributed by atoms with E-state index in [2.05, 4.69) is 10.3 Å². The summed E-state index contributed by atoms with van der Waals surface area (Å²) in [5.41, 5.74) is 6.51. The van der Waals surface area contributed by atoms with Crippen LogP contribution in [0.4, 0.5) is 0 Å². The molecule has 0 bridgehead atoms.